The molecule has 142 valence electrons. The molecular weight excluding hydrogens is 316 g/mol. The van der Waals surface area contributed by atoms with Crippen molar-refractivity contribution in [2.24, 2.45) is 4.99 Å². The van der Waals surface area contributed by atoms with E-state index in [9.17, 15) is 0 Å². The van der Waals surface area contributed by atoms with E-state index in [1.165, 1.54) is 25.7 Å². The molecule has 0 aromatic carbocycles. The topological polar surface area (TPSA) is 62.0 Å². The van der Waals surface area contributed by atoms with Crippen LogP contribution in [0.1, 0.15) is 50.8 Å². The van der Waals surface area contributed by atoms with Gasteiger partial charge in [0.15, 0.2) is 5.96 Å². The van der Waals surface area contributed by atoms with Gasteiger partial charge in [-0.15, -0.1) is 0 Å². The van der Waals surface area contributed by atoms with E-state index in [1.807, 2.05) is 6.07 Å². The van der Waals surface area contributed by atoms with Crippen molar-refractivity contribution in [2.75, 3.05) is 46.4 Å². The van der Waals surface area contributed by atoms with Crippen LogP contribution in [0.3, 0.4) is 0 Å². The maximum Gasteiger partial charge on any atom is 0.191 e. The standard InChI is InChI=1S/C19H34N4O2/c1-3-4-13-24-15-10-21-19(20-2)22-16-17(18-9-8-14-25-18)23-11-6-5-7-12-23/h8-9,14,17H,3-7,10-13,15-16H2,1-2H3,(H2,20,21,22). The van der Waals surface area contributed by atoms with Crippen LogP contribution in [0.5, 0.6) is 0 Å². The van der Waals surface area contributed by atoms with Crippen LogP contribution in [0.25, 0.3) is 0 Å². The van der Waals surface area contributed by atoms with Gasteiger partial charge in [0, 0.05) is 26.7 Å². The third-order valence-electron chi connectivity index (χ3n) is 4.57. The van der Waals surface area contributed by atoms with E-state index in [0.717, 1.165) is 50.9 Å². The number of rotatable bonds is 10. The fourth-order valence-electron chi connectivity index (χ4n) is 3.12. The number of piperidine rings is 1. The van der Waals surface area contributed by atoms with Gasteiger partial charge in [0.25, 0.3) is 0 Å². The van der Waals surface area contributed by atoms with Crippen molar-refractivity contribution in [2.45, 2.75) is 45.1 Å². The van der Waals surface area contributed by atoms with Gasteiger partial charge in [-0.1, -0.05) is 19.8 Å². The lowest BCUT2D eigenvalue weighted by molar-refractivity contribution is 0.135. The van der Waals surface area contributed by atoms with Gasteiger partial charge in [0.1, 0.15) is 5.76 Å². The first-order chi connectivity index (χ1) is 12.3. The predicted octanol–water partition coefficient (Wildman–Crippen LogP) is 2.79. The zero-order valence-corrected chi connectivity index (χ0v) is 15.8. The molecule has 1 atom stereocenters. The van der Waals surface area contributed by atoms with Crippen LogP contribution in [0.15, 0.2) is 27.8 Å². The predicted molar refractivity (Wildman–Crippen MR) is 102 cm³/mol. The van der Waals surface area contributed by atoms with E-state index in [0.29, 0.717) is 6.61 Å². The average molecular weight is 351 g/mol. The van der Waals surface area contributed by atoms with Crippen molar-refractivity contribution in [1.82, 2.24) is 15.5 Å². The van der Waals surface area contributed by atoms with E-state index in [4.69, 9.17) is 9.15 Å². The summed E-state index contributed by atoms with van der Waals surface area (Å²) in [5, 5.41) is 6.75. The molecule has 1 fully saturated rings. The first-order valence-corrected chi connectivity index (χ1v) is 9.65. The number of hydrogen-bond donors (Lipinski definition) is 2. The lowest BCUT2D eigenvalue weighted by atomic mass is 10.1. The SMILES string of the molecule is CCCCOCCNC(=NC)NCC(c1ccco1)N1CCCCC1. The number of likely N-dealkylation sites (tertiary alicyclic amines) is 1. The second-order valence-electron chi connectivity index (χ2n) is 6.47. The zero-order chi connectivity index (χ0) is 17.7. The van der Waals surface area contributed by atoms with Gasteiger partial charge in [0.05, 0.1) is 18.9 Å². The Kier molecular flexibility index (Phi) is 9.44. The van der Waals surface area contributed by atoms with Gasteiger partial charge >= 0.3 is 0 Å². The summed E-state index contributed by atoms with van der Waals surface area (Å²) in [7, 11) is 1.80. The molecule has 2 heterocycles. The Morgan fingerprint density at radius 2 is 2.12 bits per heavy atom. The molecule has 2 rings (SSSR count). The van der Waals surface area contributed by atoms with Crippen LogP contribution >= 0.6 is 0 Å². The number of furan rings is 1. The first-order valence-electron chi connectivity index (χ1n) is 9.65. The molecular formula is C19H34N4O2. The minimum atomic E-state index is 0.245. The molecule has 0 aliphatic carbocycles. The summed E-state index contributed by atoms with van der Waals surface area (Å²) in [5.41, 5.74) is 0. The summed E-state index contributed by atoms with van der Waals surface area (Å²) in [6.07, 6.45) is 7.90. The van der Waals surface area contributed by atoms with E-state index in [2.05, 4.69) is 33.5 Å². The second kappa shape index (κ2) is 11.9. The number of ether oxygens (including phenoxy) is 1. The quantitative estimate of drug-likeness (QED) is 0.386. The normalized spacial score (nSPS) is 17.4. The molecule has 1 aliphatic rings. The summed E-state index contributed by atoms with van der Waals surface area (Å²) in [6, 6.07) is 4.28. The molecule has 0 radical (unpaired) electrons. The highest BCUT2D eigenvalue weighted by Crippen LogP contribution is 2.24. The molecule has 6 nitrogen and oxygen atoms in total. The third kappa shape index (κ3) is 7.08. The Morgan fingerprint density at radius 3 is 2.80 bits per heavy atom. The smallest absolute Gasteiger partial charge is 0.191 e. The third-order valence-corrected chi connectivity index (χ3v) is 4.57. The summed E-state index contributed by atoms with van der Waals surface area (Å²) in [4.78, 5) is 6.82. The van der Waals surface area contributed by atoms with Crippen molar-refractivity contribution in [1.29, 1.82) is 0 Å². The summed E-state index contributed by atoms with van der Waals surface area (Å²) >= 11 is 0. The molecule has 1 aromatic rings. The van der Waals surface area contributed by atoms with Crippen molar-refractivity contribution >= 4 is 5.96 Å². The van der Waals surface area contributed by atoms with Gasteiger partial charge in [-0.25, -0.2) is 0 Å². The number of nitrogens with zero attached hydrogens (tertiary/aromatic N) is 2. The number of aliphatic imine (C=N–C) groups is 1. The Morgan fingerprint density at radius 1 is 1.28 bits per heavy atom. The molecule has 1 unspecified atom stereocenters. The largest absolute Gasteiger partial charge is 0.468 e. The molecule has 0 saturated carbocycles. The van der Waals surface area contributed by atoms with Gasteiger partial charge in [-0.05, 0) is 44.5 Å². The van der Waals surface area contributed by atoms with Gasteiger partial charge < -0.3 is 19.8 Å². The fraction of sp³-hybridized carbons (Fsp3) is 0.737. The number of guanidine groups is 1. The number of unbranched alkanes of at least 4 members (excludes halogenated alkanes) is 1. The van der Waals surface area contributed by atoms with Crippen LogP contribution in [-0.2, 0) is 4.74 Å². The van der Waals surface area contributed by atoms with Crippen molar-refractivity contribution in [3.05, 3.63) is 24.2 Å². The molecule has 0 spiro atoms. The molecule has 25 heavy (non-hydrogen) atoms. The first kappa shape index (κ1) is 19.8. The van der Waals surface area contributed by atoms with Crippen LogP contribution < -0.4 is 10.6 Å². The molecule has 1 aromatic heterocycles. The van der Waals surface area contributed by atoms with E-state index >= 15 is 0 Å². The summed E-state index contributed by atoms with van der Waals surface area (Å²) in [6.45, 7) is 7.51. The maximum atomic E-state index is 5.69. The molecule has 0 bridgehead atoms. The van der Waals surface area contributed by atoms with Gasteiger partial charge in [-0.3, -0.25) is 9.89 Å². The monoisotopic (exact) mass is 350 g/mol. The average Bonchev–Trinajstić information content (AvgIpc) is 3.18. The molecule has 6 heteroatoms. The lowest BCUT2D eigenvalue weighted by Crippen LogP contribution is -2.45. The second-order valence-corrected chi connectivity index (χ2v) is 6.47. The molecule has 0 amide bonds. The Hall–Kier alpha value is -1.53. The minimum Gasteiger partial charge on any atom is -0.468 e. The zero-order valence-electron chi connectivity index (χ0n) is 15.8. The highest BCUT2D eigenvalue weighted by atomic mass is 16.5. The Labute approximate surface area is 152 Å². The fourth-order valence-corrected chi connectivity index (χ4v) is 3.12. The van der Waals surface area contributed by atoms with Crippen LogP contribution in [0, 0.1) is 0 Å². The highest BCUT2D eigenvalue weighted by Gasteiger charge is 2.24. The maximum absolute atomic E-state index is 5.69. The number of hydrogen-bond acceptors (Lipinski definition) is 4. The molecule has 1 aliphatic heterocycles. The minimum absolute atomic E-state index is 0.245. The van der Waals surface area contributed by atoms with E-state index in [-0.39, 0.29) is 6.04 Å². The Balaban J connectivity index is 1.77. The summed E-state index contributed by atoms with van der Waals surface area (Å²) < 4.78 is 11.3. The van der Waals surface area contributed by atoms with Crippen molar-refractivity contribution in [3.8, 4) is 0 Å². The Bertz CT molecular complexity index is 470. The molecule has 2 N–H and O–H groups in total. The van der Waals surface area contributed by atoms with Crippen molar-refractivity contribution in [3.63, 3.8) is 0 Å². The highest BCUT2D eigenvalue weighted by molar-refractivity contribution is 5.79. The lowest BCUT2D eigenvalue weighted by Gasteiger charge is -2.33. The van der Waals surface area contributed by atoms with Crippen molar-refractivity contribution < 1.29 is 9.15 Å². The van der Waals surface area contributed by atoms with Gasteiger partial charge in [-0.2, -0.15) is 0 Å². The number of nitrogens with one attached hydrogen (secondary N) is 2. The van der Waals surface area contributed by atoms with Crippen LogP contribution in [0.2, 0.25) is 0 Å². The van der Waals surface area contributed by atoms with E-state index in [1.54, 1.807) is 13.3 Å². The van der Waals surface area contributed by atoms with Gasteiger partial charge in [0.2, 0.25) is 0 Å². The summed E-state index contributed by atoms with van der Waals surface area (Å²) in [5.74, 6) is 1.83. The van der Waals surface area contributed by atoms with Crippen LogP contribution in [0.4, 0.5) is 0 Å². The molecule has 1 saturated heterocycles. The van der Waals surface area contributed by atoms with Crippen LogP contribution in [-0.4, -0.2) is 57.3 Å². The van der Waals surface area contributed by atoms with E-state index < -0.39 is 0 Å².